The second-order valence-electron chi connectivity index (χ2n) is 5.76. The Morgan fingerprint density at radius 2 is 1.93 bits per heavy atom. The van der Waals surface area contributed by atoms with Gasteiger partial charge in [0, 0.05) is 11.6 Å². The van der Waals surface area contributed by atoms with E-state index in [0.717, 1.165) is 32.3 Å². The van der Waals surface area contributed by atoms with Crippen LogP contribution in [0, 0.1) is 0 Å². The first kappa shape index (κ1) is 17.2. The van der Waals surface area contributed by atoms with E-state index in [2.05, 4.69) is 4.98 Å². The van der Waals surface area contributed by atoms with Crippen LogP contribution in [0.5, 0.6) is 0 Å². The van der Waals surface area contributed by atoms with Gasteiger partial charge in [-0.3, -0.25) is 4.57 Å². The number of ether oxygens (including phenoxy) is 1. The van der Waals surface area contributed by atoms with Crippen LogP contribution in [-0.2, 0) is 9.53 Å². The number of imidazole rings is 1. The lowest BCUT2D eigenvalue weighted by Crippen LogP contribution is -1.98. The molecule has 4 aromatic rings. The zero-order valence-corrected chi connectivity index (χ0v) is 15.5. The molecule has 0 fully saturated rings. The van der Waals surface area contributed by atoms with E-state index >= 15 is 0 Å². The summed E-state index contributed by atoms with van der Waals surface area (Å²) in [5, 5.41) is 0.797. The second kappa shape index (κ2) is 7.55. The predicted octanol–water partition coefficient (Wildman–Crippen LogP) is 4.73. The monoisotopic (exact) mass is 375 g/mol. The molecule has 2 aromatic carbocycles. The van der Waals surface area contributed by atoms with E-state index in [4.69, 9.17) is 9.72 Å². The summed E-state index contributed by atoms with van der Waals surface area (Å²) in [7, 11) is 0. The average Bonchev–Trinajstić information content (AvgIpc) is 3.31. The molecule has 0 amide bonds. The Morgan fingerprint density at radius 3 is 2.74 bits per heavy atom. The van der Waals surface area contributed by atoms with Gasteiger partial charge in [0.15, 0.2) is 5.13 Å². The Balaban J connectivity index is 1.81. The van der Waals surface area contributed by atoms with Crippen molar-refractivity contribution in [2.75, 3.05) is 6.61 Å². The number of carbonyl (C=O) groups is 1. The van der Waals surface area contributed by atoms with E-state index in [1.165, 1.54) is 17.4 Å². The number of nitrogens with zero attached hydrogens (tertiary/aromatic N) is 3. The standard InChI is InChI=1S/C21H17N3O2S/c1-2-26-19(25)13-12-18-20(15-8-4-3-5-9-15)23-21(27-18)24-14-22-16-10-6-7-11-17(16)24/h3-14H,2H2,1H3/b13-12+. The van der Waals surface area contributed by atoms with Crippen LogP contribution < -0.4 is 0 Å². The Labute approximate surface area is 160 Å². The van der Waals surface area contributed by atoms with Gasteiger partial charge in [-0.05, 0) is 25.1 Å². The number of hydrogen-bond donors (Lipinski definition) is 0. The van der Waals surface area contributed by atoms with Gasteiger partial charge in [0.05, 0.1) is 28.2 Å². The summed E-state index contributed by atoms with van der Waals surface area (Å²) < 4.78 is 6.96. The second-order valence-corrected chi connectivity index (χ2v) is 6.77. The number of thiazole rings is 1. The molecule has 4 rings (SSSR count). The van der Waals surface area contributed by atoms with Crippen LogP contribution in [0.4, 0.5) is 0 Å². The van der Waals surface area contributed by atoms with Gasteiger partial charge in [0.2, 0.25) is 0 Å². The van der Waals surface area contributed by atoms with Crippen LogP contribution in [0.3, 0.4) is 0 Å². The minimum absolute atomic E-state index is 0.351. The predicted molar refractivity (Wildman–Crippen MR) is 108 cm³/mol. The Morgan fingerprint density at radius 1 is 1.15 bits per heavy atom. The van der Waals surface area contributed by atoms with E-state index < -0.39 is 0 Å². The summed E-state index contributed by atoms with van der Waals surface area (Å²) in [6.45, 7) is 2.14. The fourth-order valence-corrected chi connectivity index (χ4v) is 3.76. The molecule has 0 N–H and O–H groups in total. The summed E-state index contributed by atoms with van der Waals surface area (Å²) >= 11 is 1.50. The maximum absolute atomic E-state index is 11.7. The molecule has 27 heavy (non-hydrogen) atoms. The van der Waals surface area contributed by atoms with Crippen molar-refractivity contribution in [3.63, 3.8) is 0 Å². The summed E-state index contributed by atoms with van der Waals surface area (Å²) in [5.41, 5.74) is 3.73. The van der Waals surface area contributed by atoms with Crippen molar-refractivity contribution in [2.45, 2.75) is 6.92 Å². The summed E-state index contributed by atoms with van der Waals surface area (Å²) in [5.74, 6) is -0.362. The summed E-state index contributed by atoms with van der Waals surface area (Å²) in [6.07, 6.45) is 4.98. The normalized spacial score (nSPS) is 11.3. The zero-order chi connectivity index (χ0) is 18.6. The van der Waals surface area contributed by atoms with Gasteiger partial charge >= 0.3 is 5.97 Å². The maximum Gasteiger partial charge on any atom is 0.330 e. The van der Waals surface area contributed by atoms with Gasteiger partial charge in [0.25, 0.3) is 0 Å². The number of fused-ring (bicyclic) bond motifs is 1. The van der Waals surface area contributed by atoms with Gasteiger partial charge in [-0.25, -0.2) is 14.8 Å². The highest BCUT2D eigenvalue weighted by Crippen LogP contribution is 2.32. The lowest BCUT2D eigenvalue weighted by atomic mass is 10.1. The maximum atomic E-state index is 11.7. The zero-order valence-electron chi connectivity index (χ0n) is 14.7. The molecule has 0 atom stereocenters. The van der Waals surface area contributed by atoms with Crippen LogP contribution in [0.2, 0.25) is 0 Å². The van der Waals surface area contributed by atoms with Crippen molar-refractivity contribution in [2.24, 2.45) is 0 Å². The highest BCUT2D eigenvalue weighted by molar-refractivity contribution is 7.15. The molecule has 0 aliphatic carbocycles. The lowest BCUT2D eigenvalue weighted by Gasteiger charge is -1.99. The van der Waals surface area contributed by atoms with Crippen LogP contribution in [-0.4, -0.2) is 27.1 Å². The third kappa shape index (κ3) is 3.52. The number of aromatic nitrogens is 3. The smallest absolute Gasteiger partial charge is 0.330 e. The van der Waals surface area contributed by atoms with Gasteiger partial charge in [0.1, 0.15) is 6.33 Å². The van der Waals surface area contributed by atoms with E-state index in [1.807, 2.05) is 59.2 Å². The molecular formula is C21H17N3O2S. The van der Waals surface area contributed by atoms with Crippen molar-refractivity contribution in [3.05, 3.63) is 71.9 Å². The Kier molecular flexibility index (Phi) is 4.80. The molecule has 0 saturated heterocycles. The molecule has 5 nitrogen and oxygen atoms in total. The van der Waals surface area contributed by atoms with Crippen molar-refractivity contribution in [1.82, 2.24) is 14.5 Å². The number of esters is 1. The third-order valence-corrected chi connectivity index (χ3v) is 5.03. The van der Waals surface area contributed by atoms with Gasteiger partial charge in [-0.15, -0.1) is 0 Å². The average molecular weight is 375 g/mol. The third-order valence-electron chi connectivity index (χ3n) is 4.01. The number of rotatable bonds is 5. The van der Waals surface area contributed by atoms with Crippen molar-refractivity contribution in [3.8, 4) is 16.4 Å². The first-order valence-corrected chi connectivity index (χ1v) is 9.41. The SMILES string of the molecule is CCOC(=O)/C=C/c1sc(-n2cnc3ccccc32)nc1-c1ccccc1. The van der Waals surface area contributed by atoms with Crippen molar-refractivity contribution < 1.29 is 9.53 Å². The Hall–Kier alpha value is -3.25. The molecule has 2 heterocycles. The molecule has 0 unspecified atom stereocenters. The highest BCUT2D eigenvalue weighted by Gasteiger charge is 2.14. The molecule has 0 radical (unpaired) electrons. The molecule has 0 spiro atoms. The quantitative estimate of drug-likeness (QED) is 0.374. The molecule has 6 heteroatoms. The van der Waals surface area contributed by atoms with E-state index in [-0.39, 0.29) is 5.97 Å². The minimum atomic E-state index is -0.362. The van der Waals surface area contributed by atoms with Gasteiger partial charge in [-0.2, -0.15) is 0 Å². The van der Waals surface area contributed by atoms with Crippen LogP contribution in [0.15, 0.2) is 67.0 Å². The Bertz CT molecular complexity index is 1110. The molecule has 134 valence electrons. The molecule has 0 saturated carbocycles. The number of para-hydroxylation sites is 2. The van der Waals surface area contributed by atoms with Crippen LogP contribution in [0.25, 0.3) is 33.5 Å². The van der Waals surface area contributed by atoms with Crippen LogP contribution in [0.1, 0.15) is 11.8 Å². The van der Waals surface area contributed by atoms with Crippen molar-refractivity contribution in [1.29, 1.82) is 0 Å². The van der Waals surface area contributed by atoms with Gasteiger partial charge < -0.3 is 4.74 Å². The first-order chi connectivity index (χ1) is 13.3. The van der Waals surface area contributed by atoms with Crippen molar-refractivity contribution >= 4 is 34.4 Å². The molecular weight excluding hydrogens is 358 g/mol. The topological polar surface area (TPSA) is 57.0 Å². The molecule has 0 bridgehead atoms. The minimum Gasteiger partial charge on any atom is -0.463 e. The number of benzene rings is 2. The van der Waals surface area contributed by atoms with Crippen LogP contribution >= 0.6 is 11.3 Å². The number of carbonyl (C=O) groups excluding carboxylic acids is 1. The summed E-state index contributed by atoms with van der Waals surface area (Å²) in [4.78, 5) is 21.9. The summed E-state index contributed by atoms with van der Waals surface area (Å²) in [6, 6.07) is 17.9. The highest BCUT2D eigenvalue weighted by atomic mass is 32.1. The fraction of sp³-hybridized carbons (Fsp3) is 0.0952. The molecule has 0 aliphatic heterocycles. The largest absolute Gasteiger partial charge is 0.463 e. The van der Waals surface area contributed by atoms with Gasteiger partial charge in [-0.1, -0.05) is 53.8 Å². The molecule has 2 aromatic heterocycles. The lowest BCUT2D eigenvalue weighted by molar-refractivity contribution is -0.137. The van der Waals surface area contributed by atoms with E-state index in [0.29, 0.717) is 6.61 Å². The fourth-order valence-electron chi connectivity index (χ4n) is 2.78. The van der Waals surface area contributed by atoms with E-state index in [1.54, 1.807) is 19.3 Å². The molecule has 0 aliphatic rings. The number of hydrogen-bond acceptors (Lipinski definition) is 5. The first-order valence-electron chi connectivity index (χ1n) is 8.60. The van der Waals surface area contributed by atoms with E-state index in [9.17, 15) is 4.79 Å².